The highest BCUT2D eigenvalue weighted by Gasteiger charge is 2.07. The van der Waals surface area contributed by atoms with E-state index in [1.165, 1.54) is 5.56 Å². The van der Waals surface area contributed by atoms with Crippen molar-refractivity contribution in [3.05, 3.63) is 54.2 Å². The molecule has 4 heteroatoms. The quantitative estimate of drug-likeness (QED) is 0.773. The van der Waals surface area contributed by atoms with Gasteiger partial charge in [-0.05, 0) is 42.8 Å². The van der Waals surface area contributed by atoms with Gasteiger partial charge in [0.25, 0.3) is 0 Å². The van der Waals surface area contributed by atoms with Crippen LogP contribution >= 0.6 is 0 Å². The van der Waals surface area contributed by atoms with Crippen molar-refractivity contribution in [2.75, 3.05) is 5.32 Å². The van der Waals surface area contributed by atoms with Crippen molar-refractivity contribution in [2.24, 2.45) is 0 Å². The smallest absolute Gasteiger partial charge is 0.192 e. The van der Waals surface area contributed by atoms with Gasteiger partial charge in [0.1, 0.15) is 5.52 Å². The molecule has 0 bridgehead atoms. The molecular formula is C15H15N3O. The monoisotopic (exact) mass is 253 g/mol. The van der Waals surface area contributed by atoms with Gasteiger partial charge in [0.05, 0.1) is 0 Å². The maximum Gasteiger partial charge on any atom is 0.192 e. The van der Waals surface area contributed by atoms with Crippen LogP contribution in [0.25, 0.3) is 11.1 Å². The van der Waals surface area contributed by atoms with Crippen LogP contribution in [0.15, 0.2) is 47.1 Å². The van der Waals surface area contributed by atoms with Gasteiger partial charge in [0.15, 0.2) is 11.5 Å². The molecule has 2 heterocycles. The Balaban J connectivity index is 1.85. The fourth-order valence-electron chi connectivity index (χ4n) is 2.12. The molecule has 3 rings (SSSR count). The number of nitrogens with one attached hydrogen (secondary N) is 1. The minimum atomic E-state index is 0.216. The van der Waals surface area contributed by atoms with Crippen molar-refractivity contribution >= 4 is 16.8 Å². The highest BCUT2D eigenvalue weighted by Crippen LogP contribution is 2.23. The van der Waals surface area contributed by atoms with Gasteiger partial charge in [-0.2, -0.15) is 0 Å². The fourth-order valence-corrected chi connectivity index (χ4v) is 2.12. The molecule has 1 N–H and O–H groups in total. The maximum atomic E-state index is 5.47. The van der Waals surface area contributed by atoms with Gasteiger partial charge in [-0.1, -0.05) is 0 Å². The SMILES string of the molecule is Cc1nc2cc(NC(C)c3ccncc3)ccc2o1. The summed E-state index contributed by atoms with van der Waals surface area (Å²) in [7, 11) is 0. The highest BCUT2D eigenvalue weighted by molar-refractivity contribution is 5.77. The van der Waals surface area contributed by atoms with Crippen molar-refractivity contribution in [1.29, 1.82) is 0 Å². The molecule has 3 aromatic rings. The summed E-state index contributed by atoms with van der Waals surface area (Å²) in [6, 6.07) is 10.2. The predicted molar refractivity (Wildman–Crippen MR) is 75.0 cm³/mol. The zero-order valence-corrected chi connectivity index (χ0v) is 10.9. The fraction of sp³-hybridized carbons (Fsp3) is 0.200. The van der Waals surface area contributed by atoms with E-state index in [1.807, 2.05) is 37.3 Å². The Kier molecular flexibility index (Phi) is 2.91. The molecular weight excluding hydrogens is 238 g/mol. The number of oxazole rings is 1. The number of anilines is 1. The minimum absolute atomic E-state index is 0.216. The van der Waals surface area contributed by atoms with Gasteiger partial charge in [-0.3, -0.25) is 4.98 Å². The first-order valence-electron chi connectivity index (χ1n) is 6.26. The standard InChI is InChI=1S/C15H15N3O/c1-10(12-5-7-16-8-6-12)17-13-3-4-15-14(9-13)18-11(2)19-15/h3-10,17H,1-2H3. The van der Waals surface area contributed by atoms with E-state index < -0.39 is 0 Å². The van der Waals surface area contributed by atoms with Gasteiger partial charge in [0.2, 0.25) is 0 Å². The Morgan fingerprint density at radius 1 is 1.16 bits per heavy atom. The second-order valence-corrected chi connectivity index (χ2v) is 4.56. The number of aromatic nitrogens is 2. The van der Waals surface area contributed by atoms with Gasteiger partial charge in [-0.15, -0.1) is 0 Å². The molecule has 0 aliphatic rings. The average molecular weight is 253 g/mol. The van der Waals surface area contributed by atoms with E-state index in [9.17, 15) is 0 Å². The molecule has 0 fully saturated rings. The van der Waals surface area contributed by atoms with E-state index >= 15 is 0 Å². The van der Waals surface area contributed by atoms with Crippen LogP contribution < -0.4 is 5.32 Å². The average Bonchev–Trinajstić information content (AvgIpc) is 2.79. The molecule has 1 aromatic carbocycles. The number of pyridine rings is 1. The van der Waals surface area contributed by atoms with Crippen LogP contribution in [-0.4, -0.2) is 9.97 Å². The summed E-state index contributed by atoms with van der Waals surface area (Å²) in [6.45, 7) is 3.97. The van der Waals surface area contributed by atoms with E-state index in [-0.39, 0.29) is 6.04 Å². The third kappa shape index (κ3) is 2.42. The largest absolute Gasteiger partial charge is 0.441 e. The van der Waals surface area contributed by atoms with Crippen LogP contribution in [0.5, 0.6) is 0 Å². The lowest BCUT2D eigenvalue weighted by Crippen LogP contribution is -2.06. The molecule has 0 saturated heterocycles. The molecule has 0 aliphatic heterocycles. The molecule has 19 heavy (non-hydrogen) atoms. The summed E-state index contributed by atoms with van der Waals surface area (Å²) >= 11 is 0. The third-order valence-corrected chi connectivity index (χ3v) is 3.08. The molecule has 0 spiro atoms. The van der Waals surface area contributed by atoms with Crippen molar-refractivity contribution < 1.29 is 4.42 Å². The molecule has 0 amide bonds. The van der Waals surface area contributed by atoms with Crippen LogP contribution in [-0.2, 0) is 0 Å². The summed E-state index contributed by atoms with van der Waals surface area (Å²) in [5.41, 5.74) is 3.93. The summed E-state index contributed by atoms with van der Waals surface area (Å²) in [6.07, 6.45) is 3.61. The van der Waals surface area contributed by atoms with E-state index in [1.54, 1.807) is 12.4 Å². The highest BCUT2D eigenvalue weighted by atomic mass is 16.3. The normalized spacial score (nSPS) is 12.5. The Hall–Kier alpha value is -2.36. The Bertz CT molecular complexity index is 691. The zero-order chi connectivity index (χ0) is 13.2. The zero-order valence-electron chi connectivity index (χ0n) is 10.9. The minimum Gasteiger partial charge on any atom is -0.441 e. The van der Waals surface area contributed by atoms with Crippen molar-refractivity contribution in [1.82, 2.24) is 9.97 Å². The molecule has 4 nitrogen and oxygen atoms in total. The molecule has 0 radical (unpaired) electrons. The van der Waals surface area contributed by atoms with Crippen molar-refractivity contribution in [3.63, 3.8) is 0 Å². The van der Waals surface area contributed by atoms with Gasteiger partial charge in [-0.25, -0.2) is 4.98 Å². The van der Waals surface area contributed by atoms with E-state index in [0.29, 0.717) is 5.89 Å². The summed E-state index contributed by atoms with van der Waals surface area (Å²) in [4.78, 5) is 8.37. The number of hydrogen-bond acceptors (Lipinski definition) is 4. The van der Waals surface area contributed by atoms with Crippen LogP contribution in [0.3, 0.4) is 0 Å². The first kappa shape index (κ1) is 11.7. The maximum absolute atomic E-state index is 5.47. The number of benzene rings is 1. The first-order valence-corrected chi connectivity index (χ1v) is 6.26. The topological polar surface area (TPSA) is 51.0 Å². The third-order valence-electron chi connectivity index (χ3n) is 3.08. The number of rotatable bonds is 3. The lowest BCUT2D eigenvalue weighted by Gasteiger charge is -2.15. The molecule has 96 valence electrons. The molecule has 0 aliphatic carbocycles. The lowest BCUT2D eigenvalue weighted by molar-refractivity contribution is 0.561. The lowest BCUT2D eigenvalue weighted by atomic mass is 10.1. The van der Waals surface area contributed by atoms with Gasteiger partial charge >= 0.3 is 0 Å². The summed E-state index contributed by atoms with van der Waals surface area (Å²) in [5, 5.41) is 3.45. The molecule has 0 saturated carbocycles. The van der Waals surface area contributed by atoms with Crippen LogP contribution in [0.2, 0.25) is 0 Å². The van der Waals surface area contributed by atoms with Crippen LogP contribution in [0.4, 0.5) is 5.69 Å². The Morgan fingerprint density at radius 3 is 2.74 bits per heavy atom. The van der Waals surface area contributed by atoms with Gasteiger partial charge < -0.3 is 9.73 Å². The number of aryl methyl sites for hydroxylation is 1. The Morgan fingerprint density at radius 2 is 1.95 bits per heavy atom. The van der Waals surface area contributed by atoms with Crippen LogP contribution in [0.1, 0.15) is 24.4 Å². The number of hydrogen-bond donors (Lipinski definition) is 1. The Labute approximate surface area is 111 Å². The van der Waals surface area contributed by atoms with E-state index in [0.717, 1.165) is 16.8 Å². The number of nitrogens with zero attached hydrogens (tertiary/aromatic N) is 2. The first-order chi connectivity index (χ1) is 9.22. The van der Waals surface area contributed by atoms with E-state index in [4.69, 9.17) is 4.42 Å². The molecule has 2 aromatic heterocycles. The summed E-state index contributed by atoms with van der Waals surface area (Å²) in [5.74, 6) is 0.689. The van der Waals surface area contributed by atoms with Crippen LogP contribution in [0, 0.1) is 6.92 Å². The second kappa shape index (κ2) is 4.72. The molecule has 1 unspecified atom stereocenters. The number of fused-ring (bicyclic) bond motifs is 1. The predicted octanol–water partition coefficient (Wildman–Crippen LogP) is 3.70. The van der Waals surface area contributed by atoms with Crippen molar-refractivity contribution in [3.8, 4) is 0 Å². The summed E-state index contributed by atoms with van der Waals surface area (Å²) < 4.78 is 5.47. The van der Waals surface area contributed by atoms with Gasteiger partial charge in [0, 0.05) is 31.0 Å². The van der Waals surface area contributed by atoms with E-state index in [2.05, 4.69) is 22.2 Å². The van der Waals surface area contributed by atoms with Crippen molar-refractivity contribution in [2.45, 2.75) is 19.9 Å². The molecule has 1 atom stereocenters. The second-order valence-electron chi connectivity index (χ2n) is 4.56.